The highest BCUT2D eigenvalue weighted by atomic mass is 35.5. The lowest BCUT2D eigenvalue weighted by Crippen LogP contribution is -2.39. The van der Waals surface area contributed by atoms with Gasteiger partial charge in [0.15, 0.2) is 5.11 Å². The average molecular weight is 349 g/mol. The van der Waals surface area contributed by atoms with Gasteiger partial charge in [-0.2, -0.15) is 0 Å². The van der Waals surface area contributed by atoms with E-state index in [1.807, 2.05) is 63.2 Å². The zero-order valence-electron chi connectivity index (χ0n) is 13.5. The Bertz CT molecular complexity index is 690. The number of para-hydroxylation sites is 1. The fraction of sp³-hybridized carbons (Fsp3) is 0.278. The van der Waals surface area contributed by atoms with Crippen LogP contribution in [0.25, 0.3) is 0 Å². The maximum Gasteiger partial charge on any atom is 0.171 e. The van der Waals surface area contributed by atoms with Crippen LogP contribution in [0, 0.1) is 13.8 Å². The van der Waals surface area contributed by atoms with Crippen molar-refractivity contribution in [2.75, 3.05) is 11.9 Å². The molecule has 0 saturated carbocycles. The molecule has 5 heteroatoms. The summed E-state index contributed by atoms with van der Waals surface area (Å²) in [4.78, 5) is 0. The van der Waals surface area contributed by atoms with E-state index in [-0.39, 0.29) is 6.04 Å². The van der Waals surface area contributed by atoms with Crippen LogP contribution in [0.4, 0.5) is 5.69 Å². The summed E-state index contributed by atoms with van der Waals surface area (Å²) in [5.41, 5.74) is 3.02. The predicted octanol–water partition coefficient (Wildman–Crippen LogP) is 4.71. The average Bonchev–Trinajstić information content (AvgIpc) is 2.50. The fourth-order valence-electron chi connectivity index (χ4n) is 2.04. The molecular weight excluding hydrogens is 328 g/mol. The van der Waals surface area contributed by atoms with Gasteiger partial charge in [-0.1, -0.05) is 35.9 Å². The van der Waals surface area contributed by atoms with E-state index in [4.69, 9.17) is 28.6 Å². The van der Waals surface area contributed by atoms with Crippen LogP contribution in [0.15, 0.2) is 42.5 Å². The van der Waals surface area contributed by atoms with Crippen LogP contribution in [-0.2, 0) is 0 Å². The summed E-state index contributed by atoms with van der Waals surface area (Å²) < 4.78 is 5.81. The van der Waals surface area contributed by atoms with E-state index in [0.717, 1.165) is 22.6 Å². The number of benzene rings is 2. The molecule has 23 heavy (non-hydrogen) atoms. The minimum absolute atomic E-state index is 0.0792. The second-order valence-electron chi connectivity index (χ2n) is 5.54. The molecule has 0 aromatic heterocycles. The molecule has 0 heterocycles. The number of nitrogens with one attached hydrogen (secondary N) is 2. The lowest BCUT2D eigenvalue weighted by atomic mass is 10.2. The molecule has 0 spiro atoms. The van der Waals surface area contributed by atoms with Crippen molar-refractivity contribution in [1.29, 1.82) is 0 Å². The van der Waals surface area contributed by atoms with Crippen molar-refractivity contribution in [3.05, 3.63) is 58.6 Å². The third kappa shape index (κ3) is 5.41. The van der Waals surface area contributed by atoms with Crippen molar-refractivity contribution in [1.82, 2.24) is 5.32 Å². The molecule has 0 fully saturated rings. The molecule has 0 amide bonds. The van der Waals surface area contributed by atoms with Gasteiger partial charge in [0.2, 0.25) is 0 Å². The highest BCUT2D eigenvalue weighted by Crippen LogP contribution is 2.20. The summed E-state index contributed by atoms with van der Waals surface area (Å²) in [5.74, 6) is 0.894. The molecule has 2 N–H and O–H groups in total. The lowest BCUT2D eigenvalue weighted by molar-refractivity contribution is 0.285. The summed E-state index contributed by atoms with van der Waals surface area (Å²) in [6.07, 6.45) is 0. The van der Waals surface area contributed by atoms with E-state index in [1.54, 1.807) is 0 Å². The molecule has 2 aromatic rings. The van der Waals surface area contributed by atoms with Crippen LogP contribution >= 0.6 is 23.8 Å². The molecule has 2 rings (SSSR count). The summed E-state index contributed by atoms with van der Waals surface area (Å²) >= 11 is 11.4. The van der Waals surface area contributed by atoms with Gasteiger partial charge in [0, 0.05) is 10.7 Å². The second kappa shape index (κ2) is 8.18. The fourth-order valence-corrected chi connectivity index (χ4v) is 2.54. The summed E-state index contributed by atoms with van der Waals surface area (Å²) in [7, 11) is 0. The Kier molecular flexibility index (Phi) is 6.25. The summed E-state index contributed by atoms with van der Waals surface area (Å²) in [5, 5.41) is 7.60. The first-order chi connectivity index (χ1) is 11.0. The molecule has 0 bridgehead atoms. The maximum absolute atomic E-state index is 6.11. The van der Waals surface area contributed by atoms with Crippen molar-refractivity contribution in [2.24, 2.45) is 0 Å². The second-order valence-corrected chi connectivity index (χ2v) is 6.36. The van der Waals surface area contributed by atoms with E-state index in [2.05, 4.69) is 10.6 Å². The topological polar surface area (TPSA) is 33.3 Å². The molecule has 0 radical (unpaired) electrons. The van der Waals surface area contributed by atoms with Crippen LogP contribution in [0.2, 0.25) is 5.02 Å². The van der Waals surface area contributed by atoms with Gasteiger partial charge in [-0.05, 0) is 62.3 Å². The van der Waals surface area contributed by atoms with Gasteiger partial charge < -0.3 is 15.4 Å². The molecule has 0 aliphatic carbocycles. The first-order valence-electron chi connectivity index (χ1n) is 7.48. The van der Waals surface area contributed by atoms with E-state index in [1.165, 1.54) is 0 Å². The zero-order chi connectivity index (χ0) is 16.8. The van der Waals surface area contributed by atoms with E-state index >= 15 is 0 Å². The normalized spacial score (nSPS) is 11.7. The van der Waals surface area contributed by atoms with Gasteiger partial charge in [-0.3, -0.25) is 0 Å². The molecule has 122 valence electrons. The number of anilines is 1. The van der Waals surface area contributed by atoms with E-state index < -0.39 is 0 Å². The minimum Gasteiger partial charge on any atom is -0.491 e. The zero-order valence-corrected chi connectivity index (χ0v) is 15.1. The molecule has 0 unspecified atom stereocenters. The van der Waals surface area contributed by atoms with Crippen LogP contribution in [0.5, 0.6) is 5.75 Å². The maximum atomic E-state index is 6.11. The van der Waals surface area contributed by atoms with Crippen LogP contribution < -0.4 is 15.4 Å². The number of hydrogen-bond acceptors (Lipinski definition) is 2. The van der Waals surface area contributed by atoms with Crippen LogP contribution in [0.1, 0.15) is 18.1 Å². The molecule has 3 nitrogen and oxygen atoms in total. The van der Waals surface area contributed by atoms with Gasteiger partial charge in [0.25, 0.3) is 0 Å². The molecular formula is C18H21ClN2OS. The van der Waals surface area contributed by atoms with Crippen LogP contribution in [0.3, 0.4) is 0 Å². The third-order valence-electron chi connectivity index (χ3n) is 3.39. The predicted molar refractivity (Wildman–Crippen MR) is 102 cm³/mol. The Morgan fingerprint density at radius 1 is 1.17 bits per heavy atom. The van der Waals surface area contributed by atoms with Gasteiger partial charge in [0.1, 0.15) is 12.4 Å². The Labute approximate surface area is 148 Å². The van der Waals surface area contributed by atoms with Gasteiger partial charge in [-0.25, -0.2) is 0 Å². The number of aryl methyl sites for hydroxylation is 2. The Morgan fingerprint density at radius 3 is 2.61 bits per heavy atom. The molecule has 2 aromatic carbocycles. The number of halogens is 1. The Balaban J connectivity index is 1.82. The first kappa shape index (κ1) is 17.6. The lowest BCUT2D eigenvalue weighted by Gasteiger charge is -2.18. The molecule has 0 saturated heterocycles. The van der Waals surface area contributed by atoms with Gasteiger partial charge in [-0.15, -0.1) is 0 Å². The van der Waals surface area contributed by atoms with E-state index in [9.17, 15) is 0 Å². The molecule has 1 atom stereocenters. The Hall–Kier alpha value is -1.78. The van der Waals surface area contributed by atoms with Crippen molar-refractivity contribution >= 4 is 34.6 Å². The van der Waals surface area contributed by atoms with Gasteiger partial charge in [0.05, 0.1) is 6.04 Å². The summed E-state index contributed by atoms with van der Waals surface area (Å²) in [6, 6.07) is 13.8. The highest BCUT2D eigenvalue weighted by molar-refractivity contribution is 7.80. The van der Waals surface area contributed by atoms with E-state index in [0.29, 0.717) is 16.7 Å². The number of hydrogen-bond donors (Lipinski definition) is 2. The van der Waals surface area contributed by atoms with Crippen molar-refractivity contribution in [3.63, 3.8) is 0 Å². The smallest absolute Gasteiger partial charge is 0.171 e. The van der Waals surface area contributed by atoms with Crippen molar-refractivity contribution in [3.8, 4) is 5.75 Å². The SMILES string of the molecule is Cc1ccc(NC(=S)N[C@H](C)COc2ccccc2C)cc1Cl. The number of ether oxygens (including phenoxy) is 1. The quantitative estimate of drug-likeness (QED) is 0.766. The van der Waals surface area contributed by atoms with Crippen molar-refractivity contribution < 1.29 is 4.74 Å². The van der Waals surface area contributed by atoms with Crippen molar-refractivity contribution in [2.45, 2.75) is 26.8 Å². The highest BCUT2D eigenvalue weighted by Gasteiger charge is 2.07. The number of thiocarbonyl (C=S) groups is 1. The molecule has 0 aliphatic rings. The van der Waals surface area contributed by atoms with Gasteiger partial charge >= 0.3 is 0 Å². The minimum atomic E-state index is 0.0792. The molecule has 0 aliphatic heterocycles. The first-order valence-corrected chi connectivity index (χ1v) is 8.26. The van der Waals surface area contributed by atoms with Crippen LogP contribution in [-0.4, -0.2) is 17.8 Å². The standard InChI is InChI=1S/C18H21ClN2OS/c1-12-8-9-15(10-16(12)19)21-18(23)20-14(3)11-22-17-7-5-4-6-13(17)2/h4-10,14H,11H2,1-3H3,(H2,20,21,23)/t14-/m1/s1. The Morgan fingerprint density at radius 2 is 1.91 bits per heavy atom. The summed E-state index contributed by atoms with van der Waals surface area (Å²) in [6.45, 7) is 6.55. The largest absolute Gasteiger partial charge is 0.491 e. The third-order valence-corrected chi connectivity index (χ3v) is 4.02. The monoisotopic (exact) mass is 348 g/mol. The number of rotatable bonds is 5.